The van der Waals surface area contributed by atoms with Crippen LogP contribution in [0.3, 0.4) is 0 Å². The molecule has 4 saturated carbocycles. The molecule has 0 bridgehead atoms. The maximum atomic E-state index is 13.7. The molecule has 1 aromatic rings. The van der Waals surface area contributed by atoms with E-state index in [1.165, 1.54) is 63.5 Å². The summed E-state index contributed by atoms with van der Waals surface area (Å²) < 4.78 is 11.9. The molecule has 5 fully saturated rings. The number of aliphatic hydroxyl groups is 3. The lowest BCUT2D eigenvalue weighted by atomic mass is 9.36. The van der Waals surface area contributed by atoms with E-state index in [4.69, 9.17) is 9.47 Å². The highest BCUT2D eigenvalue weighted by atomic mass is 16.6. The summed E-state index contributed by atoms with van der Waals surface area (Å²) in [6, 6.07) is 10.7. The molecule has 6 aliphatic rings. The lowest BCUT2D eigenvalue weighted by Crippen LogP contribution is -2.81. The number of hydrazine groups is 1. The third-order valence-corrected chi connectivity index (χ3v) is 17.0. The van der Waals surface area contributed by atoms with Crippen LogP contribution in [0.15, 0.2) is 42.0 Å². The van der Waals surface area contributed by atoms with Gasteiger partial charge in [0.2, 0.25) is 0 Å². The van der Waals surface area contributed by atoms with Crippen LogP contribution in [0.25, 0.3) is 0 Å². The Balaban J connectivity index is 1.28. The van der Waals surface area contributed by atoms with E-state index in [2.05, 4.69) is 55.9 Å². The molecule has 5 N–H and O–H groups in total. The molecule has 4 aliphatic carbocycles. The quantitative estimate of drug-likeness (QED) is 0.0832. The zero-order chi connectivity index (χ0) is 40.6. The number of rotatable bonds is 16. The van der Waals surface area contributed by atoms with Crippen LogP contribution in [0.2, 0.25) is 0 Å². The minimum absolute atomic E-state index is 0.129. The predicted octanol–water partition coefficient (Wildman–Crippen LogP) is 8.10. The van der Waals surface area contributed by atoms with Gasteiger partial charge in [-0.05, 0) is 129 Å². The van der Waals surface area contributed by atoms with E-state index in [0.29, 0.717) is 43.9 Å². The van der Waals surface area contributed by atoms with Crippen molar-refractivity contribution in [3.8, 4) is 0 Å². The standard InChI is InChI=1S/C48H74N2O7/c1-6-7-9-18-37-19-13-24-45(37)29-38-39(30-45)49-50-47(57-34(4)51)28-33(3)46(55,26-22-36-27-42(54)56-31-36)48(41(53)23-25-44(38,5)43(47)48)40(52)21-20-32(2)14-12-17-35-15-10-8-11-16-35/h8,10-11,15-16,27,32-33,37-41,43,49-50,52-53,55H,6-7,9,12-14,17-26,28-31H2,1-5H3/t32-,33-,37+,38-,39-,40-,41+,43?,44+,45+,46-,47+,48-/m1/s1. The van der Waals surface area contributed by atoms with E-state index in [1.54, 1.807) is 0 Å². The number of carbonyl (C=O) groups is 2. The van der Waals surface area contributed by atoms with Crippen LogP contribution < -0.4 is 10.9 Å². The lowest BCUT2D eigenvalue weighted by molar-refractivity contribution is -0.351. The minimum atomic E-state index is -1.54. The highest BCUT2D eigenvalue weighted by molar-refractivity contribution is 5.85. The van der Waals surface area contributed by atoms with Gasteiger partial charge in [0.15, 0.2) is 5.72 Å². The van der Waals surface area contributed by atoms with Gasteiger partial charge < -0.3 is 24.8 Å². The largest absolute Gasteiger partial charge is 0.458 e. The predicted molar refractivity (Wildman–Crippen MR) is 221 cm³/mol. The second kappa shape index (κ2) is 17.0. The van der Waals surface area contributed by atoms with Gasteiger partial charge in [0, 0.05) is 31.4 Å². The maximum Gasteiger partial charge on any atom is 0.331 e. The summed E-state index contributed by atoms with van der Waals surface area (Å²) in [5.74, 6) is -0.658. The van der Waals surface area contributed by atoms with Gasteiger partial charge in [0.1, 0.15) is 6.61 Å². The van der Waals surface area contributed by atoms with Gasteiger partial charge in [-0.15, -0.1) is 0 Å². The molecular formula is C48H74N2O7. The molecule has 57 heavy (non-hydrogen) atoms. The summed E-state index contributed by atoms with van der Waals surface area (Å²) >= 11 is 0. The van der Waals surface area contributed by atoms with E-state index in [1.807, 2.05) is 13.0 Å². The van der Waals surface area contributed by atoms with Crippen LogP contribution in [0.1, 0.15) is 156 Å². The van der Waals surface area contributed by atoms with Crippen molar-refractivity contribution >= 4 is 11.9 Å². The molecule has 13 atom stereocenters. The summed E-state index contributed by atoms with van der Waals surface area (Å²) in [5, 5.41) is 39.8. The van der Waals surface area contributed by atoms with Crippen LogP contribution >= 0.6 is 0 Å². The third-order valence-electron chi connectivity index (χ3n) is 17.0. The molecule has 0 amide bonds. The van der Waals surface area contributed by atoms with E-state index in [-0.39, 0.29) is 36.4 Å². The first-order valence-electron chi connectivity index (χ1n) is 22.9. The number of fused-ring (bicyclic) bond motifs is 2. The van der Waals surface area contributed by atoms with Crippen LogP contribution in [0.5, 0.6) is 0 Å². The summed E-state index contributed by atoms with van der Waals surface area (Å²) in [6.07, 6.45) is 16.7. The smallest absolute Gasteiger partial charge is 0.331 e. The van der Waals surface area contributed by atoms with Crippen molar-refractivity contribution in [2.24, 2.45) is 45.8 Å². The van der Waals surface area contributed by atoms with Crippen LogP contribution in [-0.4, -0.2) is 63.4 Å². The van der Waals surface area contributed by atoms with E-state index < -0.39 is 52.2 Å². The second-order valence-corrected chi connectivity index (χ2v) is 20.3. The van der Waals surface area contributed by atoms with Gasteiger partial charge >= 0.3 is 11.9 Å². The summed E-state index contributed by atoms with van der Waals surface area (Å²) in [4.78, 5) is 25.5. The Labute approximate surface area is 342 Å². The van der Waals surface area contributed by atoms with Crippen molar-refractivity contribution in [2.75, 3.05) is 6.61 Å². The fourth-order valence-corrected chi connectivity index (χ4v) is 14.4. The lowest BCUT2D eigenvalue weighted by Gasteiger charge is -2.71. The van der Waals surface area contributed by atoms with Crippen molar-refractivity contribution < 1.29 is 34.4 Å². The zero-order valence-corrected chi connectivity index (χ0v) is 35.7. The fraction of sp³-hybridized carbons (Fsp3) is 0.792. The normalized spacial score (nSPS) is 40.8. The first-order chi connectivity index (χ1) is 27.2. The maximum absolute atomic E-state index is 13.7. The van der Waals surface area contributed by atoms with Gasteiger partial charge in [0.25, 0.3) is 0 Å². The Morgan fingerprint density at radius 2 is 1.82 bits per heavy atom. The van der Waals surface area contributed by atoms with Gasteiger partial charge in [0.05, 0.1) is 23.2 Å². The number of aryl methyl sites for hydroxylation is 1. The third kappa shape index (κ3) is 7.68. The number of hydrogen-bond acceptors (Lipinski definition) is 9. The van der Waals surface area contributed by atoms with E-state index >= 15 is 0 Å². The number of hydrogen-bond donors (Lipinski definition) is 5. The molecule has 1 saturated heterocycles. The van der Waals surface area contributed by atoms with Crippen LogP contribution in [0.4, 0.5) is 0 Å². The number of carbonyl (C=O) groups excluding carboxylic acids is 2. The van der Waals surface area contributed by atoms with Gasteiger partial charge in [-0.25, -0.2) is 10.2 Å². The van der Waals surface area contributed by atoms with Crippen LogP contribution in [-0.2, 0) is 25.5 Å². The number of esters is 2. The molecule has 318 valence electrons. The molecule has 2 heterocycles. The van der Waals surface area contributed by atoms with Gasteiger partial charge in [-0.1, -0.05) is 90.1 Å². The Morgan fingerprint density at radius 1 is 1.04 bits per heavy atom. The molecule has 1 aromatic carbocycles. The zero-order valence-electron chi connectivity index (χ0n) is 35.7. The van der Waals surface area contributed by atoms with Crippen molar-refractivity contribution in [1.29, 1.82) is 0 Å². The van der Waals surface area contributed by atoms with Crippen LogP contribution in [0, 0.1) is 45.8 Å². The Hall–Kier alpha value is -2.30. The van der Waals surface area contributed by atoms with Crippen molar-refractivity contribution in [3.05, 3.63) is 47.5 Å². The fourth-order valence-electron chi connectivity index (χ4n) is 14.4. The van der Waals surface area contributed by atoms with Crippen molar-refractivity contribution in [2.45, 2.75) is 186 Å². The summed E-state index contributed by atoms with van der Waals surface area (Å²) in [7, 11) is 0. The molecule has 9 heteroatoms. The molecule has 1 unspecified atom stereocenters. The molecular weight excluding hydrogens is 717 g/mol. The number of ether oxygens (including phenoxy) is 2. The minimum Gasteiger partial charge on any atom is -0.458 e. The molecule has 7 rings (SSSR count). The monoisotopic (exact) mass is 791 g/mol. The Kier molecular flexibility index (Phi) is 12.8. The number of cyclic esters (lactones) is 1. The van der Waals surface area contributed by atoms with Gasteiger partial charge in [-0.3, -0.25) is 10.2 Å². The number of aliphatic hydroxyl groups excluding tert-OH is 2. The van der Waals surface area contributed by atoms with Crippen molar-refractivity contribution in [1.82, 2.24) is 10.9 Å². The highest BCUT2D eigenvalue weighted by Crippen LogP contribution is 2.74. The summed E-state index contributed by atoms with van der Waals surface area (Å²) in [6.45, 7) is 10.5. The average molecular weight is 791 g/mol. The number of nitrogens with one attached hydrogen (secondary N) is 2. The van der Waals surface area contributed by atoms with E-state index in [0.717, 1.165) is 44.1 Å². The topological polar surface area (TPSA) is 137 Å². The molecule has 0 radical (unpaired) electrons. The Bertz CT molecular complexity index is 1600. The number of unbranched alkanes of at least 4 members (excludes halogenated alkanes) is 2. The van der Waals surface area contributed by atoms with Gasteiger partial charge in [-0.2, -0.15) is 0 Å². The first kappa shape index (κ1) is 42.8. The molecule has 0 aromatic heterocycles. The average Bonchev–Trinajstić information content (AvgIpc) is 3.89. The number of benzene rings is 1. The second-order valence-electron chi connectivity index (χ2n) is 20.3. The first-order valence-corrected chi connectivity index (χ1v) is 22.9. The Morgan fingerprint density at radius 3 is 2.54 bits per heavy atom. The SMILES string of the molecule is CCCCC[C@H]1CCC[C@@]12C[C@@H]1[C@@H](C2)NN[C@]2(OC(C)=O)C[C@@H](C)[C@](O)(CCC3=CC(=O)OC3)[C@@]3([C@H](O)CC[C@H](C)CCCc4ccccc4)C2[C@@]1(C)CC[C@@H]3O. The molecule has 1 spiro atoms. The molecule has 2 aliphatic heterocycles. The van der Waals surface area contributed by atoms with Crippen molar-refractivity contribution in [3.63, 3.8) is 0 Å². The highest BCUT2D eigenvalue weighted by Gasteiger charge is 2.80. The molecule has 9 nitrogen and oxygen atoms in total. The summed E-state index contributed by atoms with van der Waals surface area (Å²) in [5.41, 5.74) is 5.16. The van der Waals surface area contributed by atoms with E-state index in [9.17, 15) is 24.9 Å².